The van der Waals surface area contributed by atoms with Crippen LogP contribution < -0.4 is 11.1 Å². The molecule has 5 nitrogen and oxygen atoms in total. The van der Waals surface area contributed by atoms with Crippen molar-refractivity contribution in [2.24, 2.45) is 5.73 Å². The number of carboxylic acid groups (broad SMARTS) is 1. The number of ether oxygens (including phenoxy) is 1. The monoisotopic (exact) mass is 180 g/mol. The molecule has 1 atom stereocenters. The van der Waals surface area contributed by atoms with Gasteiger partial charge in [-0.25, -0.2) is 9.18 Å². The lowest BCUT2D eigenvalue weighted by molar-refractivity contribution is 0.0849. The van der Waals surface area contributed by atoms with E-state index in [4.69, 9.17) is 15.6 Å². The first-order chi connectivity index (χ1) is 5.66. The van der Waals surface area contributed by atoms with Crippen molar-refractivity contribution in [1.29, 1.82) is 0 Å². The molecule has 0 aromatic rings. The van der Waals surface area contributed by atoms with Gasteiger partial charge in [-0.2, -0.15) is 0 Å². The summed E-state index contributed by atoms with van der Waals surface area (Å²) in [7, 11) is 0. The molecule has 0 aliphatic rings. The summed E-state index contributed by atoms with van der Waals surface area (Å²) in [5.41, 5.74) is 4.97. The molecule has 1 unspecified atom stereocenters. The summed E-state index contributed by atoms with van der Waals surface area (Å²) < 4.78 is 17.1. The maximum Gasteiger partial charge on any atom is 0.404 e. The SMILES string of the molecule is NCC(F)COCCNC(=O)O. The Morgan fingerprint density at radius 2 is 2.42 bits per heavy atom. The van der Waals surface area contributed by atoms with Gasteiger partial charge in [0.2, 0.25) is 0 Å². The lowest BCUT2D eigenvalue weighted by Crippen LogP contribution is -2.27. The first kappa shape index (κ1) is 11.1. The number of carbonyl (C=O) groups is 1. The number of nitrogens with one attached hydrogen (secondary N) is 1. The standard InChI is InChI=1S/C6H13FN2O3/c7-5(3-8)4-12-2-1-9-6(10)11/h5,9H,1-4,8H2,(H,10,11). The molecule has 0 aliphatic heterocycles. The number of amides is 1. The van der Waals surface area contributed by atoms with Crippen LogP contribution in [0.1, 0.15) is 0 Å². The maximum atomic E-state index is 12.3. The smallest absolute Gasteiger partial charge is 0.404 e. The minimum Gasteiger partial charge on any atom is -0.465 e. The predicted octanol–water partition coefficient (Wildman–Crippen LogP) is -0.433. The van der Waals surface area contributed by atoms with Crippen LogP contribution in [0, 0.1) is 0 Å². The number of hydrogen-bond donors (Lipinski definition) is 3. The molecule has 72 valence electrons. The Kier molecular flexibility index (Phi) is 6.31. The Morgan fingerprint density at radius 1 is 1.75 bits per heavy atom. The van der Waals surface area contributed by atoms with Gasteiger partial charge in [-0.1, -0.05) is 0 Å². The Labute approximate surface area is 69.7 Å². The van der Waals surface area contributed by atoms with Crippen molar-refractivity contribution in [1.82, 2.24) is 5.32 Å². The molecular weight excluding hydrogens is 167 g/mol. The van der Waals surface area contributed by atoms with Crippen molar-refractivity contribution >= 4 is 6.09 Å². The molecular formula is C6H13FN2O3. The van der Waals surface area contributed by atoms with Crippen LogP contribution in [0.25, 0.3) is 0 Å². The third-order valence-corrected chi connectivity index (χ3v) is 1.08. The summed E-state index contributed by atoms with van der Waals surface area (Å²) in [5, 5.41) is 10.2. The Morgan fingerprint density at radius 3 is 2.92 bits per heavy atom. The molecule has 0 aliphatic carbocycles. The average molecular weight is 180 g/mol. The summed E-state index contributed by atoms with van der Waals surface area (Å²) in [4.78, 5) is 9.89. The van der Waals surface area contributed by atoms with Crippen LogP contribution in [0.2, 0.25) is 0 Å². The molecule has 0 bridgehead atoms. The second-order valence-electron chi connectivity index (χ2n) is 2.14. The number of halogens is 1. The Balaban J connectivity index is 3.05. The highest BCUT2D eigenvalue weighted by atomic mass is 19.1. The molecule has 0 rings (SSSR count). The van der Waals surface area contributed by atoms with E-state index in [2.05, 4.69) is 5.32 Å². The second kappa shape index (κ2) is 6.81. The highest BCUT2D eigenvalue weighted by Crippen LogP contribution is 1.87. The van der Waals surface area contributed by atoms with Gasteiger partial charge < -0.3 is 20.9 Å². The van der Waals surface area contributed by atoms with E-state index >= 15 is 0 Å². The molecule has 12 heavy (non-hydrogen) atoms. The molecule has 0 saturated carbocycles. The molecule has 6 heteroatoms. The second-order valence-corrected chi connectivity index (χ2v) is 2.14. The zero-order valence-corrected chi connectivity index (χ0v) is 6.62. The molecule has 0 spiro atoms. The first-order valence-corrected chi connectivity index (χ1v) is 3.55. The summed E-state index contributed by atoms with van der Waals surface area (Å²) in [6.45, 7) is 0.156. The summed E-state index contributed by atoms with van der Waals surface area (Å²) >= 11 is 0. The molecule has 0 heterocycles. The van der Waals surface area contributed by atoms with Crippen LogP contribution in [0.4, 0.5) is 9.18 Å². The highest BCUT2D eigenvalue weighted by molar-refractivity contribution is 5.64. The highest BCUT2D eigenvalue weighted by Gasteiger charge is 2.02. The topological polar surface area (TPSA) is 84.6 Å². The van der Waals surface area contributed by atoms with E-state index in [0.29, 0.717) is 0 Å². The average Bonchev–Trinajstić information content (AvgIpc) is 2.03. The van der Waals surface area contributed by atoms with Crippen molar-refractivity contribution in [3.8, 4) is 0 Å². The third-order valence-electron chi connectivity index (χ3n) is 1.08. The van der Waals surface area contributed by atoms with Crippen LogP contribution >= 0.6 is 0 Å². The quantitative estimate of drug-likeness (QED) is 0.484. The van der Waals surface area contributed by atoms with Gasteiger partial charge in [0.25, 0.3) is 0 Å². The van der Waals surface area contributed by atoms with E-state index in [1.807, 2.05) is 0 Å². The molecule has 0 aromatic heterocycles. The Hall–Kier alpha value is -0.880. The molecule has 4 N–H and O–H groups in total. The lowest BCUT2D eigenvalue weighted by atomic mass is 10.4. The maximum absolute atomic E-state index is 12.3. The van der Waals surface area contributed by atoms with Gasteiger partial charge in [0.1, 0.15) is 6.17 Å². The fourth-order valence-electron chi connectivity index (χ4n) is 0.509. The largest absolute Gasteiger partial charge is 0.465 e. The fourth-order valence-corrected chi connectivity index (χ4v) is 0.509. The van der Waals surface area contributed by atoms with Crippen LogP contribution in [0.5, 0.6) is 0 Å². The van der Waals surface area contributed by atoms with Crippen LogP contribution in [0.15, 0.2) is 0 Å². The lowest BCUT2D eigenvalue weighted by Gasteiger charge is -2.06. The number of nitrogens with two attached hydrogens (primary N) is 1. The van der Waals surface area contributed by atoms with Crippen molar-refractivity contribution in [2.75, 3.05) is 26.3 Å². The van der Waals surface area contributed by atoms with Gasteiger partial charge in [0.05, 0.1) is 13.2 Å². The van der Waals surface area contributed by atoms with Crippen molar-refractivity contribution < 1.29 is 19.0 Å². The van der Waals surface area contributed by atoms with Crippen LogP contribution in [-0.4, -0.2) is 43.7 Å². The summed E-state index contributed by atoms with van der Waals surface area (Å²) in [5.74, 6) is 0. The van der Waals surface area contributed by atoms with E-state index < -0.39 is 12.3 Å². The Bertz CT molecular complexity index is 134. The minimum atomic E-state index is -1.17. The van der Waals surface area contributed by atoms with Crippen LogP contribution in [0.3, 0.4) is 0 Å². The van der Waals surface area contributed by atoms with Gasteiger partial charge >= 0.3 is 6.09 Å². The fraction of sp³-hybridized carbons (Fsp3) is 0.833. The van der Waals surface area contributed by atoms with E-state index in [1.54, 1.807) is 0 Å². The van der Waals surface area contributed by atoms with Gasteiger partial charge in [-0.15, -0.1) is 0 Å². The van der Waals surface area contributed by atoms with Crippen molar-refractivity contribution in [3.05, 3.63) is 0 Å². The predicted molar refractivity (Wildman–Crippen MR) is 40.8 cm³/mol. The van der Waals surface area contributed by atoms with E-state index in [0.717, 1.165) is 0 Å². The van der Waals surface area contributed by atoms with E-state index in [-0.39, 0.29) is 26.3 Å². The number of hydrogen-bond acceptors (Lipinski definition) is 3. The normalized spacial score (nSPS) is 12.5. The van der Waals surface area contributed by atoms with Gasteiger partial charge in [0.15, 0.2) is 0 Å². The molecule has 0 radical (unpaired) electrons. The van der Waals surface area contributed by atoms with E-state index in [9.17, 15) is 9.18 Å². The van der Waals surface area contributed by atoms with Crippen LogP contribution in [-0.2, 0) is 4.74 Å². The minimum absolute atomic E-state index is 0.0770. The molecule has 0 fully saturated rings. The molecule has 0 aromatic carbocycles. The number of rotatable bonds is 6. The zero-order valence-electron chi connectivity index (χ0n) is 6.62. The summed E-state index contributed by atoms with van der Waals surface area (Å²) in [6, 6.07) is 0. The zero-order chi connectivity index (χ0) is 9.40. The summed E-state index contributed by atoms with van der Waals surface area (Å²) in [6.07, 6.45) is -2.29. The van der Waals surface area contributed by atoms with E-state index in [1.165, 1.54) is 0 Å². The van der Waals surface area contributed by atoms with Gasteiger partial charge in [-0.3, -0.25) is 0 Å². The van der Waals surface area contributed by atoms with Crippen molar-refractivity contribution in [3.63, 3.8) is 0 Å². The van der Waals surface area contributed by atoms with Gasteiger partial charge in [-0.05, 0) is 0 Å². The molecule has 1 amide bonds. The first-order valence-electron chi connectivity index (χ1n) is 3.55. The number of alkyl halides is 1. The molecule has 0 saturated heterocycles. The van der Waals surface area contributed by atoms with Gasteiger partial charge in [0, 0.05) is 13.1 Å². The third kappa shape index (κ3) is 7.23. The van der Waals surface area contributed by atoms with Crippen molar-refractivity contribution in [2.45, 2.75) is 6.17 Å².